The molecule has 0 fully saturated rings. The molecular formula is C19H22F4N4O2. The third-order valence-electron chi connectivity index (χ3n) is 3.59. The summed E-state index contributed by atoms with van der Waals surface area (Å²) >= 11 is 0. The van der Waals surface area contributed by atoms with Gasteiger partial charge in [-0.15, -0.1) is 0 Å². The fraction of sp³-hybridized carbons (Fsp3) is 0.368. The van der Waals surface area contributed by atoms with Gasteiger partial charge in [0, 0.05) is 25.9 Å². The van der Waals surface area contributed by atoms with Crippen LogP contribution >= 0.6 is 0 Å². The third kappa shape index (κ3) is 8.24. The number of alkyl halides is 3. The van der Waals surface area contributed by atoms with Crippen LogP contribution in [0, 0.1) is 5.82 Å². The Bertz CT molecular complexity index is 815. The molecule has 1 aromatic heterocycles. The van der Waals surface area contributed by atoms with Crippen LogP contribution in [0.25, 0.3) is 0 Å². The van der Waals surface area contributed by atoms with Gasteiger partial charge in [-0.2, -0.15) is 13.2 Å². The number of aromatic nitrogens is 1. The molecule has 2 N–H and O–H groups in total. The zero-order chi connectivity index (χ0) is 21.3. The van der Waals surface area contributed by atoms with Gasteiger partial charge < -0.3 is 20.1 Å². The summed E-state index contributed by atoms with van der Waals surface area (Å²) in [4.78, 5) is 7.81. The highest BCUT2D eigenvalue weighted by Crippen LogP contribution is 2.18. The quantitative estimate of drug-likeness (QED) is 0.394. The Morgan fingerprint density at radius 2 is 1.97 bits per heavy atom. The van der Waals surface area contributed by atoms with Crippen LogP contribution in [0.4, 0.5) is 17.6 Å². The minimum atomic E-state index is -4.43. The Morgan fingerprint density at radius 3 is 2.66 bits per heavy atom. The van der Waals surface area contributed by atoms with Crippen molar-refractivity contribution in [2.45, 2.75) is 25.7 Å². The lowest BCUT2D eigenvalue weighted by Gasteiger charge is -2.18. The van der Waals surface area contributed by atoms with Crippen LogP contribution in [-0.4, -0.2) is 43.4 Å². The molecule has 1 atom stereocenters. The number of hydrogen-bond acceptors (Lipinski definition) is 4. The summed E-state index contributed by atoms with van der Waals surface area (Å²) < 4.78 is 60.5. The van der Waals surface area contributed by atoms with Crippen molar-refractivity contribution in [3.05, 3.63) is 54.0 Å². The van der Waals surface area contributed by atoms with Crippen molar-refractivity contribution in [2.75, 3.05) is 20.2 Å². The van der Waals surface area contributed by atoms with E-state index in [2.05, 4.69) is 25.3 Å². The molecule has 0 aliphatic rings. The highest BCUT2D eigenvalue weighted by Gasteiger charge is 2.28. The van der Waals surface area contributed by atoms with E-state index in [1.165, 1.54) is 18.3 Å². The molecule has 0 saturated carbocycles. The molecular weight excluding hydrogens is 392 g/mol. The molecule has 2 rings (SSSR count). The van der Waals surface area contributed by atoms with Crippen LogP contribution in [0.2, 0.25) is 0 Å². The van der Waals surface area contributed by atoms with Crippen LogP contribution in [0.5, 0.6) is 11.6 Å². The van der Waals surface area contributed by atoms with Crippen molar-refractivity contribution in [1.82, 2.24) is 15.6 Å². The third-order valence-corrected chi connectivity index (χ3v) is 3.59. The topological polar surface area (TPSA) is 67.8 Å². The number of rotatable bonds is 8. The first-order valence-corrected chi connectivity index (χ1v) is 8.77. The number of ether oxygens (including phenoxy) is 2. The maximum atomic E-state index is 13.6. The molecule has 6 nitrogen and oxygen atoms in total. The summed E-state index contributed by atoms with van der Waals surface area (Å²) in [6, 6.07) is 9.18. The summed E-state index contributed by atoms with van der Waals surface area (Å²) in [6.07, 6.45) is -3.40. The minimum Gasteiger partial charge on any atom is -0.486 e. The number of benzene rings is 1. The summed E-state index contributed by atoms with van der Waals surface area (Å²) in [7, 11) is 1.57. The van der Waals surface area contributed by atoms with E-state index >= 15 is 0 Å². The van der Waals surface area contributed by atoms with Crippen LogP contribution in [0.15, 0.2) is 47.6 Å². The standard InChI is InChI=1S/C19H22F4N4O2/c1-13(29-16-6-4-3-5-15(16)20)10-26-18(24-2)27-11-14-7-8-25-17(9-14)28-12-19(21,22)23/h3-9,13H,10-12H2,1-2H3,(H2,24,26,27). The normalized spacial score (nSPS) is 13.0. The Morgan fingerprint density at radius 1 is 1.21 bits per heavy atom. The lowest BCUT2D eigenvalue weighted by Crippen LogP contribution is -2.41. The number of nitrogens with one attached hydrogen (secondary N) is 2. The molecule has 0 radical (unpaired) electrons. The predicted molar refractivity (Wildman–Crippen MR) is 100 cm³/mol. The van der Waals surface area contributed by atoms with Crippen LogP contribution < -0.4 is 20.1 Å². The SMILES string of the molecule is CN=C(NCc1ccnc(OCC(F)(F)F)c1)NCC(C)Oc1ccccc1F. The van der Waals surface area contributed by atoms with Crippen molar-refractivity contribution >= 4 is 5.96 Å². The average molecular weight is 414 g/mol. The first kappa shape index (κ1) is 22.3. The first-order valence-electron chi connectivity index (χ1n) is 8.77. The Labute approximate surface area is 166 Å². The molecule has 2 aromatic rings. The molecule has 0 amide bonds. The van der Waals surface area contributed by atoms with Crippen molar-refractivity contribution in [2.24, 2.45) is 4.99 Å². The zero-order valence-electron chi connectivity index (χ0n) is 16.0. The number of halogens is 4. The van der Waals surface area contributed by atoms with Gasteiger partial charge in [0.15, 0.2) is 24.1 Å². The van der Waals surface area contributed by atoms with Gasteiger partial charge in [-0.25, -0.2) is 9.37 Å². The second-order valence-corrected chi connectivity index (χ2v) is 6.07. The van der Waals surface area contributed by atoms with Gasteiger partial charge in [-0.3, -0.25) is 4.99 Å². The highest BCUT2D eigenvalue weighted by molar-refractivity contribution is 5.79. The molecule has 0 bridgehead atoms. The van der Waals surface area contributed by atoms with Gasteiger partial charge >= 0.3 is 6.18 Å². The van der Waals surface area contributed by atoms with E-state index in [9.17, 15) is 17.6 Å². The van der Waals surface area contributed by atoms with E-state index in [0.29, 0.717) is 18.1 Å². The molecule has 0 aliphatic heterocycles. The largest absolute Gasteiger partial charge is 0.486 e. The second-order valence-electron chi connectivity index (χ2n) is 6.07. The fourth-order valence-electron chi connectivity index (χ4n) is 2.24. The highest BCUT2D eigenvalue weighted by atomic mass is 19.4. The zero-order valence-corrected chi connectivity index (χ0v) is 16.0. The molecule has 0 aliphatic carbocycles. The Balaban J connectivity index is 1.81. The number of aliphatic imine (C=N–C) groups is 1. The van der Waals surface area contributed by atoms with Gasteiger partial charge in [0.1, 0.15) is 6.10 Å². The first-order chi connectivity index (χ1) is 13.8. The number of hydrogen-bond donors (Lipinski definition) is 2. The van der Waals surface area contributed by atoms with Crippen LogP contribution in [-0.2, 0) is 6.54 Å². The fourth-order valence-corrected chi connectivity index (χ4v) is 2.24. The van der Waals surface area contributed by atoms with Crippen molar-refractivity contribution < 1.29 is 27.0 Å². The number of para-hydroxylation sites is 1. The summed E-state index contributed by atoms with van der Waals surface area (Å²) in [5.74, 6) is 0.0519. The van der Waals surface area contributed by atoms with Gasteiger partial charge in [-0.1, -0.05) is 12.1 Å². The van der Waals surface area contributed by atoms with E-state index < -0.39 is 18.6 Å². The number of pyridine rings is 1. The van der Waals surface area contributed by atoms with E-state index in [4.69, 9.17) is 4.74 Å². The van der Waals surface area contributed by atoms with Gasteiger partial charge in [0.2, 0.25) is 5.88 Å². The molecule has 0 spiro atoms. The van der Waals surface area contributed by atoms with E-state index in [0.717, 1.165) is 0 Å². The van der Waals surface area contributed by atoms with E-state index in [-0.39, 0.29) is 24.3 Å². The molecule has 1 aromatic carbocycles. The van der Waals surface area contributed by atoms with E-state index in [1.807, 2.05) is 0 Å². The smallest absolute Gasteiger partial charge is 0.422 e. The molecule has 10 heteroatoms. The number of guanidine groups is 1. The molecule has 29 heavy (non-hydrogen) atoms. The second kappa shape index (κ2) is 10.5. The van der Waals surface area contributed by atoms with Gasteiger partial charge in [0.25, 0.3) is 0 Å². The summed E-state index contributed by atoms with van der Waals surface area (Å²) in [6.45, 7) is 1.01. The monoisotopic (exact) mass is 414 g/mol. The van der Waals surface area contributed by atoms with Crippen LogP contribution in [0.1, 0.15) is 12.5 Å². The lowest BCUT2D eigenvalue weighted by atomic mass is 10.2. The lowest BCUT2D eigenvalue weighted by molar-refractivity contribution is -0.154. The van der Waals surface area contributed by atoms with Gasteiger partial charge in [0.05, 0.1) is 6.54 Å². The maximum absolute atomic E-state index is 13.6. The summed E-state index contributed by atoms with van der Waals surface area (Å²) in [5.41, 5.74) is 0.663. The predicted octanol–water partition coefficient (Wildman–Crippen LogP) is 3.29. The summed E-state index contributed by atoms with van der Waals surface area (Å²) in [5, 5.41) is 6.05. The van der Waals surface area contributed by atoms with E-state index in [1.54, 1.807) is 38.2 Å². The van der Waals surface area contributed by atoms with Crippen molar-refractivity contribution in [3.63, 3.8) is 0 Å². The van der Waals surface area contributed by atoms with Gasteiger partial charge in [-0.05, 0) is 30.7 Å². The molecule has 0 saturated heterocycles. The average Bonchev–Trinajstić information content (AvgIpc) is 2.68. The molecule has 158 valence electrons. The van der Waals surface area contributed by atoms with Crippen LogP contribution in [0.3, 0.4) is 0 Å². The Kier molecular flexibility index (Phi) is 8.05. The molecule has 1 heterocycles. The maximum Gasteiger partial charge on any atom is 0.422 e. The van der Waals surface area contributed by atoms with Crippen molar-refractivity contribution in [1.29, 1.82) is 0 Å². The number of nitrogens with zero attached hydrogens (tertiary/aromatic N) is 2. The van der Waals surface area contributed by atoms with Crippen molar-refractivity contribution in [3.8, 4) is 11.6 Å². The molecule has 1 unspecified atom stereocenters. The Hall–Kier alpha value is -3.04. The minimum absolute atomic E-state index is 0.114.